The van der Waals surface area contributed by atoms with E-state index in [4.69, 9.17) is 21.4 Å². The van der Waals surface area contributed by atoms with Gasteiger partial charge in [-0.3, -0.25) is 29.5 Å². The molecular weight excluding hydrogens is 530 g/mol. The van der Waals surface area contributed by atoms with E-state index in [0.29, 0.717) is 22.7 Å². The number of amides is 2. The van der Waals surface area contributed by atoms with Crippen molar-refractivity contribution >= 4 is 52.3 Å². The minimum atomic E-state index is -0.604. The first-order chi connectivity index (χ1) is 19.2. The summed E-state index contributed by atoms with van der Waals surface area (Å²) in [7, 11) is 1.44. The number of methoxy groups -OCH3 is 1. The van der Waals surface area contributed by atoms with Gasteiger partial charge < -0.3 is 9.15 Å². The number of carbonyl (C=O) groups excluding carboxylic acids is 2. The molecule has 0 unspecified atom stereocenters. The van der Waals surface area contributed by atoms with Gasteiger partial charge in [0.2, 0.25) is 0 Å². The van der Waals surface area contributed by atoms with Crippen LogP contribution < -0.4 is 14.5 Å². The molecule has 0 saturated carbocycles. The molecule has 1 aliphatic heterocycles. The Hall–Kier alpha value is -5.09. The third-order valence-corrected chi connectivity index (χ3v) is 6.95. The predicted octanol–water partition coefficient (Wildman–Crippen LogP) is 6.23. The molecule has 5 rings (SSSR count). The first-order valence-electron chi connectivity index (χ1n) is 12.2. The van der Waals surface area contributed by atoms with Gasteiger partial charge in [0.1, 0.15) is 22.8 Å². The summed E-state index contributed by atoms with van der Waals surface area (Å²) in [6.07, 6.45) is 1.35. The number of para-hydroxylation sites is 1. The van der Waals surface area contributed by atoms with E-state index in [1.54, 1.807) is 42.5 Å². The van der Waals surface area contributed by atoms with Crippen molar-refractivity contribution in [1.82, 2.24) is 0 Å². The zero-order valence-electron chi connectivity index (χ0n) is 21.8. The van der Waals surface area contributed by atoms with E-state index in [1.165, 1.54) is 41.2 Å². The Labute approximate surface area is 235 Å². The number of non-ortho nitro benzene ring substituents is 1. The average Bonchev–Trinajstić information content (AvgIpc) is 3.42. The molecule has 0 aliphatic carbocycles. The number of anilines is 2. The number of carbonyl (C=O) groups is 2. The van der Waals surface area contributed by atoms with Crippen LogP contribution in [0.4, 0.5) is 17.1 Å². The number of nitrogens with zero attached hydrogens (tertiary/aromatic N) is 3. The summed E-state index contributed by atoms with van der Waals surface area (Å²) in [6, 6.07) is 21.6. The van der Waals surface area contributed by atoms with Crippen LogP contribution in [0.2, 0.25) is 0 Å². The van der Waals surface area contributed by atoms with Crippen molar-refractivity contribution in [3.8, 4) is 17.1 Å². The quantitative estimate of drug-likeness (QED) is 0.0916. The van der Waals surface area contributed by atoms with E-state index in [2.05, 4.69) is 0 Å². The first kappa shape index (κ1) is 26.5. The summed E-state index contributed by atoms with van der Waals surface area (Å²) in [6.45, 7) is 3.89. The average molecular weight is 554 g/mol. The lowest BCUT2D eigenvalue weighted by atomic mass is 10.1. The van der Waals surface area contributed by atoms with Gasteiger partial charge in [-0.15, -0.1) is 0 Å². The third kappa shape index (κ3) is 4.76. The molecule has 0 N–H and O–H groups in total. The fourth-order valence-corrected chi connectivity index (χ4v) is 4.72. The summed E-state index contributed by atoms with van der Waals surface area (Å²) in [5.41, 5.74) is 3.09. The number of rotatable bonds is 6. The van der Waals surface area contributed by atoms with Crippen LogP contribution in [0.15, 0.2) is 88.9 Å². The molecule has 9 nitrogen and oxygen atoms in total. The fourth-order valence-electron chi connectivity index (χ4n) is 4.35. The van der Waals surface area contributed by atoms with Gasteiger partial charge in [0.15, 0.2) is 5.11 Å². The molecule has 3 aromatic carbocycles. The summed E-state index contributed by atoms with van der Waals surface area (Å²) in [5.74, 6) is -0.375. The van der Waals surface area contributed by atoms with Gasteiger partial charge in [0.05, 0.1) is 29.0 Å². The summed E-state index contributed by atoms with van der Waals surface area (Å²) >= 11 is 5.68. The van der Waals surface area contributed by atoms with Crippen LogP contribution in [-0.2, 0) is 9.59 Å². The van der Waals surface area contributed by atoms with Crippen LogP contribution in [-0.4, -0.2) is 29.0 Å². The summed E-state index contributed by atoms with van der Waals surface area (Å²) in [5, 5.41) is 11.3. The van der Waals surface area contributed by atoms with E-state index in [-0.39, 0.29) is 27.9 Å². The molecule has 1 aliphatic rings. The number of nitro groups is 1. The molecular formula is C30H23N3O6S. The van der Waals surface area contributed by atoms with Crippen molar-refractivity contribution in [2.75, 3.05) is 16.9 Å². The third-order valence-electron chi connectivity index (χ3n) is 6.59. The first-order valence-corrected chi connectivity index (χ1v) is 12.6. The molecule has 0 bridgehead atoms. The van der Waals surface area contributed by atoms with Gasteiger partial charge in [0, 0.05) is 12.1 Å². The number of thiocarbonyl (C=S) groups is 1. The normalized spacial score (nSPS) is 14.7. The summed E-state index contributed by atoms with van der Waals surface area (Å²) < 4.78 is 11.3. The molecule has 200 valence electrons. The Morgan fingerprint density at radius 1 is 0.875 bits per heavy atom. The molecule has 0 radical (unpaired) electrons. The van der Waals surface area contributed by atoms with Crippen molar-refractivity contribution in [2.45, 2.75) is 13.8 Å². The van der Waals surface area contributed by atoms with Crippen LogP contribution >= 0.6 is 12.2 Å². The highest BCUT2D eigenvalue weighted by atomic mass is 32.1. The largest absolute Gasteiger partial charge is 0.496 e. The maximum absolute atomic E-state index is 13.8. The molecule has 1 aromatic heterocycles. The topological polar surface area (TPSA) is 106 Å². The number of nitro benzene ring substituents is 1. The molecule has 0 spiro atoms. The predicted molar refractivity (Wildman–Crippen MR) is 155 cm³/mol. The SMILES string of the molecule is COc1ccc([N+](=O)[O-])cc1-c1ccc(/C=C2/C(=O)N(c3ccccc3)C(=S)N(c3ccc(C)c(C)c3)C2=O)o1. The second-order valence-corrected chi connectivity index (χ2v) is 9.43. The van der Waals surface area contributed by atoms with E-state index < -0.39 is 16.7 Å². The molecule has 40 heavy (non-hydrogen) atoms. The Bertz CT molecular complexity index is 1710. The smallest absolute Gasteiger partial charge is 0.270 e. The Morgan fingerprint density at radius 2 is 1.57 bits per heavy atom. The van der Waals surface area contributed by atoms with Gasteiger partial charge >= 0.3 is 0 Å². The monoisotopic (exact) mass is 553 g/mol. The molecule has 2 amide bonds. The molecule has 1 fully saturated rings. The van der Waals surface area contributed by atoms with Gasteiger partial charge in [0.25, 0.3) is 17.5 Å². The number of aryl methyl sites for hydroxylation is 2. The highest BCUT2D eigenvalue weighted by molar-refractivity contribution is 7.81. The van der Waals surface area contributed by atoms with E-state index >= 15 is 0 Å². The maximum atomic E-state index is 13.8. The summed E-state index contributed by atoms with van der Waals surface area (Å²) in [4.78, 5) is 41.0. The lowest BCUT2D eigenvalue weighted by Crippen LogP contribution is -2.57. The zero-order valence-corrected chi connectivity index (χ0v) is 22.6. The van der Waals surface area contributed by atoms with Gasteiger partial charge in [-0.25, -0.2) is 0 Å². The van der Waals surface area contributed by atoms with E-state index in [9.17, 15) is 19.7 Å². The van der Waals surface area contributed by atoms with Crippen LogP contribution in [0.25, 0.3) is 17.4 Å². The van der Waals surface area contributed by atoms with E-state index in [1.807, 2.05) is 32.0 Å². The van der Waals surface area contributed by atoms with Crippen molar-refractivity contribution in [3.63, 3.8) is 0 Å². The number of ether oxygens (including phenoxy) is 1. The zero-order chi connectivity index (χ0) is 28.6. The van der Waals surface area contributed by atoms with Gasteiger partial charge in [-0.2, -0.15) is 0 Å². The maximum Gasteiger partial charge on any atom is 0.270 e. The van der Waals surface area contributed by atoms with Crippen molar-refractivity contribution in [3.05, 3.63) is 111 Å². The molecule has 10 heteroatoms. The van der Waals surface area contributed by atoms with Crippen LogP contribution in [0, 0.1) is 24.0 Å². The standard InChI is InChI=1S/C30H23N3O6S/c1-18-9-10-21(15-19(18)2)32-29(35)25(28(34)31(30(32)40)20-7-5-4-6-8-20)17-23-12-14-27(39-23)24-16-22(33(36)37)11-13-26(24)38-3/h4-17H,1-3H3/b25-17-. The van der Waals surface area contributed by atoms with Gasteiger partial charge in [-0.05, 0) is 85.7 Å². The van der Waals surface area contributed by atoms with E-state index in [0.717, 1.165) is 11.1 Å². The molecule has 0 atom stereocenters. The minimum absolute atomic E-state index is 0.0306. The van der Waals surface area contributed by atoms with Crippen molar-refractivity contribution < 1.29 is 23.7 Å². The number of hydrogen-bond acceptors (Lipinski definition) is 7. The highest BCUT2D eigenvalue weighted by Crippen LogP contribution is 2.36. The fraction of sp³-hybridized carbons (Fsp3) is 0.100. The highest BCUT2D eigenvalue weighted by Gasteiger charge is 2.41. The van der Waals surface area contributed by atoms with Gasteiger partial charge in [-0.1, -0.05) is 24.3 Å². The van der Waals surface area contributed by atoms with Crippen molar-refractivity contribution in [2.24, 2.45) is 0 Å². The Kier molecular flexibility index (Phi) is 7.02. The molecule has 2 heterocycles. The van der Waals surface area contributed by atoms with Crippen LogP contribution in [0.5, 0.6) is 5.75 Å². The second-order valence-electron chi connectivity index (χ2n) is 9.07. The Balaban J connectivity index is 1.61. The van der Waals surface area contributed by atoms with Crippen molar-refractivity contribution in [1.29, 1.82) is 0 Å². The minimum Gasteiger partial charge on any atom is -0.496 e. The lowest BCUT2D eigenvalue weighted by Gasteiger charge is -2.36. The molecule has 1 saturated heterocycles. The lowest BCUT2D eigenvalue weighted by molar-refractivity contribution is -0.384. The second kappa shape index (κ2) is 10.6. The number of hydrogen-bond donors (Lipinski definition) is 0. The Morgan fingerprint density at radius 3 is 2.23 bits per heavy atom. The number of benzene rings is 3. The molecule has 4 aromatic rings. The number of furan rings is 1. The van der Waals surface area contributed by atoms with Crippen LogP contribution in [0.1, 0.15) is 16.9 Å². The van der Waals surface area contributed by atoms with Crippen LogP contribution in [0.3, 0.4) is 0 Å².